The van der Waals surface area contributed by atoms with Gasteiger partial charge in [0, 0.05) is 17.2 Å². The molecule has 0 spiro atoms. The molecule has 3 rings (SSSR count). The topological polar surface area (TPSA) is 82.8 Å². The molecule has 6 nitrogen and oxygen atoms in total. The van der Waals surface area contributed by atoms with Gasteiger partial charge in [-0.3, -0.25) is 10.2 Å². The molecule has 1 aliphatic rings. The highest BCUT2D eigenvalue weighted by Crippen LogP contribution is 2.35. The van der Waals surface area contributed by atoms with Crippen molar-refractivity contribution in [3.05, 3.63) is 53.6 Å². The zero-order valence-electron chi connectivity index (χ0n) is 11.2. The number of hydrogen-bond acceptors (Lipinski definition) is 5. The van der Waals surface area contributed by atoms with Gasteiger partial charge in [0.25, 0.3) is 5.91 Å². The zero-order valence-corrected chi connectivity index (χ0v) is 11.2. The van der Waals surface area contributed by atoms with Crippen molar-refractivity contribution in [2.24, 2.45) is 5.84 Å². The van der Waals surface area contributed by atoms with Gasteiger partial charge in [-0.1, -0.05) is 18.2 Å². The van der Waals surface area contributed by atoms with Crippen LogP contribution in [0.5, 0.6) is 17.2 Å². The number of nitrogen functional groups attached to an aromatic ring is 1. The van der Waals surface area contributed by atoms with Crippen molar-refractivity contribution >= 4 is 5.91 Å². The van der Waals surface area contributed by atoms with Crippen LogP contribution in [0.3, 0.4) is 0 Å². The number of nitrogens with one attached hydrogen (secondary N) is 1. The van der Waals surface area contributed by atoms with Crippen molar-refractivity contribution < 1.29 is 19.0 Å². The molecule has 0 aromatic heterocycles. The maximum atomic E-state index is 11.7. The second kappa shape index (κ2) is 5.72. The number of hydrogen-bond donors (Lipinski definition) is 2. The fourth-order valence-electron chi connectivity index (χ4n) is 2.07. The van der Waals surface area contributed by atoms with Gasteiger partial charge in [-0.2, -0.15) is 0 Å². The number of benzene rings is 2. The largest absolute Gasteiger partial charge is 0.489 e. The first-order valence-electron chi connectivity index (χ1n) is 6.39. The van der Waals surface area contributed by atoms with E-state index in [1.165, 1.54) is 0 Å². The standard InChI is InChI=1S/C15H14N2O4/c16-17-15(18)12-4-2-1-3-10(12)8-19-11-5-6-13-14(7-11)21-9-20-13/h1-7H,8-9,16H2,(H,17,18). The molecule has 0 saturated carbocycles. The highest BCUT2D eigenvalue weighted by atomic mass is 16.7. The van der Waals surface area contributed by atoms with Crippen molar-refractivity contribution in [3.63, 3.8) is 0 Å². The minimum Gasteiger partial charge on any atom is -0.489 e. The number of nitrogens with two attached hydrogens (primary N) is 1. The molecule has 1 heterocycles. The van der Waals surface area contributed by atoms with E-state index >= 15 is 0 Å². The number of hydrazine groups is 1. The Morgan fingerprint density at radius 1 is 1.19 bits per heavy atom. The lowest BCUT2D eigenvalue weighted by atomic mass is 10.1. The minimum atomic E-state index is -0.347. The SMILES string of the molecule is NNC(=O)c1ccccc1COc1ccc2c(c1)OCO2. The fourth-order valence-corrected chi connectivity index (χ4v) is 2.07. The van der Waals surface area contributed by atoms with Gasteiger partial charge in [-0.25, -0.2) is 5.84 Å². The van der Waals surface area contributed by atoms with Crippen LogP contribution in [0.15, 0.2) is 42.5 Å². The Kier molecular flexibility index (Phi) is 3.61. The average Bonchev–Trinajstić information content (AvgIpc) is 3.00. The lowest BCUT2D eigenvalue weighted by Crippen LogP contribution is -2.30. The molecule has 6 heteroatoms. The summed E-state index contributed by atoms with van der Waals surface area (Å²) in [6, 6.07) is 12.5. The molecule has 0 saturated heterocycles. The van der Waals surface area contributed by atoms with E-state index in [1.807, 2.05) is 12.1 Å². The van der Waals surface area contributed by atoms with Crippen LogP contribution in [-0.4, -0.2) is 12.7 Å². The van der Waals surface area contributed by atoms with Crippen LogP contribution in [0, 0.1) is 0 Å². The van der Waals surface area contributed by atoms with Crippen LogP contribution >= 0.6 is 0 Å². The summed E-state index contributed by atoms with van der Waals surface area (Å²) >= 11 is 0. The van der Waals surface area contributed by atoms with E-state index in [0.717, 1.165) is 5.56 Å². The number of rotatable bonds is 4. The van der Waals surface area contributed by atoms with Crippen LogP contribution in [0.4, 0.5) is 0 Å². The first kappa shape index (κ1) is 13.3. The van der Waals surface area contributed by atoms with E-state index in [1.54, 1.807) is 30.3 Å². The summed E-state index contributed by atoms with van der Waals surface area (Å²) in [5, 5.41) is 0. The highest BCUT2D eigenvalue weighted by Gasteiger charge is 2.14. The fraction of sp³-hybridized carbons (Fsp3) is 0.133. The van der Waals surface area contributed by atoms with Gasteiger partial charge in [0.1, 0.15) is 12.4 Å². The average molecular weight is 286 g/mol. The number of carbonyl (C=O) groups excluding carboxylic acids is 1. The van der Waals surface area contributed by atoms with Gasteiger partial charge in [-0.15, -0.1) is 0 Å². The second-order valence-electron chi connectivity index (χ2n) is 4.43. The van der Waals surface area contributed by atoms with E-state index in [4.69, 9.17) is 20.1 Å². The predicted octanol–water partition coefficient (Wildman–Crippen LogP) is 1.60. The van der Waals surface area contributed by atoms with Crippen molar-refractivity contribution in [3.8, 4) is 17.2 Å². The number of amides is 1. The van der Waals surface area contributed by atoms with E-state index in [2.05, 4.69) is 5.43 Å². The lowest BCUT2D eigenvalue weighted by Gasteiger charge is -2.10. The monoisotopic (exact) mass is 286 g/mol. The van der Waals surface area contributed by atoms with Crippen LogP contribution in [-0.2, 0) is 6.61 Å². The predicted molar refractivity (Wildman–Crippen MR) is 75.0 cm³/mol. The van der Waals surface area contributed by atoms with Gasteiger partial charge in [0.2, 0.25) is 6.79 Å². The van der Waals surface area contributed by atoms with E-state index in [0.29, 0.717) is 22.8 Å². The normalized spacial score (nSPS) is 12.0. The van der Waals surface area contributed by atoms with Gasteiger partial charge in [0.15, 0.2) is 11.5 Å². The van der Waals surface area contributed by atoms with Crippen LogP contribution in [0.1, 0.15) is 15.9 Å². The summed E-state index contributed by atoms with van der Waals surface area (Å²) in [5.41, 5.74) is 3.36. The van der Waals surface area contributed by atoms with Gasteiger partial charge < -0.3 is 14.2 Å². The summed E-state index contributed by atoms with van der Waals surface area (Å²) in [6.45, 7) is 0.474. The quantitative estimate of drug-likeness (QED) is 0.507. The Balaban J connectivity index is 1.75. The Labute approximate surface area is 121 Å². The third-order valence-electron chi connectivity index (χ3n) is 3.13. The molecule has 3 N–H and O–H groups in total. The number of fused-ring (bicyclic) bond motifs is 1. The molecule has 21 heavy (non-hydrogen) atoms. The maximum Gasteiger partial charge on any atom is 0.265 e. The molecule has 108 valence electrons. The van der Waals surface area contributed by atoms with Crippen molar-refractivity contribution in [2.45, 2.75) is 6.61 Å². The summed E-state index contributed by atoms with van der Waals surface area (Å²) in [4.78, 5) is 11.7. The molecule has 1 amide bonds. The highest BCUT2D eigenvalue weighted by molar-refractivity contribution is 5.95. The molecule has 0 radical (unpaired) electrons. The Morgan fingerprint density at radius 3 is 2.86 bits per heavy atom. The lowest BCUT2D eigenvalue weighted by molar-refractivity contribution is 0.0951. The molecule has 0 atom stereocenters. The van der Waals surface area contributed by atoms with Gasteiger partial charge in [-0.05, 0) is 18.2 Å². The first-order chi connectivity index (χ1) is 10.3. The molecule has 2 aromatic rings. The Bertz CT molecular complexity index is 672. The van der Waals surface area contributed by atoms with E-state index in [9.17, 15) is 4.79 Å². The third kappa shape index (κ3) is 2.75. The molecule has 0 unspecified atom stereocenters. The summed E-state index contributed by atoms with van der Waals surface area (Å²) in [7, 11) is 0. The van der Waals surface area contributed by atoms with Crippen LogP contribution < -0.4 is 25.5 Å². The zero-order chi connectivity index (χ0) is 14.7. The summed E-state index contributed by atoms with van der Waals surface area (Å²) < 4.78 is 16.2. The van der Waals surface area contributed by atoms with Crippen molar-refractivity contribution in [1.82, 2.24) is 5.43 Å². The first-order valence-corrected chi connectivity index (χ1v) is 6.39. The van der Waals surface area contributed by atoms with Gasteiger partial charge in [0.05, 0.1) is 0 Å². The molecule has 2 aromatic carbocycles. The van der Waals surface area contributed by atoms with Crippen LogP contribution in [0.25, 0.3) is 0 Å². The second-order valence-corrected chi connectivity index (χ2v) is 4.43. The molecule has 0 bridgehead atoms. The molecular formula is C15H14N2O4. The molecule has 0 fully saturated rings. The molecular weight excluding hydrogens is 272 g/mol. The van der Waals surface area contributed by atoms with E-state index in [-0.39, 0.29) is 19.3 Å². The maximum absolute atomic E-state index is 11.7. The molecule has 1 aliphatic heterocycles. The van der Waals surface area contributed by atoms with Crippen molar-refractivity contribution in [2.75, 3.05) is 6.79 Å². The summed E-state index contributed by atoms with van der Waals surface area (Å²) in [6.07, 6.45) is 0. The smallest absolute Gasteiger partial charge is 0.265 e. The number of ether oxygens (including phenoxy) is 3. The Hall–Kier alpha value is -2.73. The van der Waals surface area contributed by atoms with E-state index < -0.39 is 0 Å². The number of carbonyl (C=O) groups is 1. The van der Waals surface area contributed by atoms with Gasteiger partial charge >= 0.3 is 0 Å². The van der Waals surface area contributed by atoms with Crippen molar-refractivity contribution in [1.29, 1.82) is 0 Å². The molecule has 0 aliphatic carbocycles. The minimum absolute atomic E-state index is 0.221. The summed E-state index contributed by atoms with van der Waals surface area (Å²) in [5.74, 6) is 6.82. The third-order valence-corrected chi connectivity index (χ3v) is 3.13. The Morgan fingerprint density at radius 2 is 2.00 bits per heavy atom. The van der Waals surface area contributed by atoms with Crippen LogP contribution in [0.2, 0.25) is 0 Å².